The molecule has 0 saturated carbocycles. The molecule has 2 rings (SSSR count). The Labute approximate surface area is 102 Å². The van der Waals surface area contributed by atoms with Gasteiger partial charge in [0.1, 0.15) is 19.4 Å². The molecule has 0 aromatic heterocycles. The van der Waals surface area contributed by atoms with Crippen LogP contribution >= 0.6 is 0 Å². The fraction of sp³-hybridized carbons (Fsp3) is 0.143. The number of ether oxygens (including phenoxy) is 1. The second-order valence-electron chi connectivity index (χ2n) is 4.00. The molecule has 0 aliphatic heterocycles. The van der Waals surface area contributed by atoms with E-state index in [4.69, 9.17) is 4.74 Å². The second-order valence-corrected chi connectivity index (χ2v) is 4.00. The van der Waals surface area contributed by atoms with Gasteiger partial charge in [-0.2, -0.15) is 0 Å². The van der Waals surface area contributed by atoms with Crippen molar-refractivity contribution in [2.24, 2.45) is 0 Å². The summed E-state index contributed by atoms with van der Waals surface area (Å²) in [4.78, 5) is 0. The Morgan fingerprint density at radius 3 is 2.53 bits per heavy atom. The van der Waals surface area contributed by atoms with Crippen molar-refractivity contribution in [1.29, 1.82) is 0 Å². The van der Waals surface area contributed by atoms with Crippen molar-refractivity contribution in [3.63, 3.8) is 0 Å². The maximum Gasteiger partial charge on any atom is 0.143 e. The number of hydrogen-bond acceptors (Lipinski definition) is 1. The fourth-order valence-electron chi connectivity index (χ4n) is 1.59. The molecule has 1 nitrogen and oxygen atoms in total. The summed E-state index contributed by atoms with van der Waals surface area (Å²) in [5.41, 5.74) is 1.86. The molecular weight excluding hydrogens is 214 g/mol. The summed E-state index contributed by atoms with van der Waals surface area (Å²) in [6.07, 6.45) is 0.830. The van der Waals surface area contributed by atoms with E-state index in [1.54, 1.807) is 20.0 Å². The third kappa shape index (κ3) is 3.35. The molecule has 0 atom stereocenters. The molecule has 0 aliphatic rings. The van der Waals surface area contributed by atoms with Gasteiger partial charge >= 0.3 is 0 Å². The first kappa shape index (κ1) is 11.7. The minimum absolute atomic E-state index is 0.220. The lowest BCUT2D eigenvalue weighted by atomic mass is 9.96. The summed E-state index contributed by atoms with van der Waals surface area (Å²) in [7, 11) is 1.74. The Hall–Kier alpha value is -1.77. The SMILES string of the molecule is Bc1ccc(OCCc2ccccc2)cc1F. The molecule has 17 heavy (non-hydrogen) atoms. The van der Waals surface area contributed by atoms with Crippen LogP contribution in [0.25, 0.3) is 0 Å². The van der Waals surface area contributed by atoms with Crippen LogP contribution in [0.15, 0.2) is 48.5 Å². The van der Waals surface area contributed by atoms with Crippen LogP contribution in [0.5, 0.6) is 5.75 Å². The van der Waals surface area contributed by atoms with Gasteiger partial charge in [0.05, 0.1) is 6.61 Å². The van der Waals surface area contributed by atoms with Crippen molar-refractivity contribution in [2.45, 2.75) is 6.42 Å². The van der Waals surface area contributed by atoms with Crippen LogP contribution in [0.1, 0.15) is 5.56 Å². The summed E-state index contributed by atoms with van der Waals surface area (Å²) in [5.74, 6) is 0.367. The quantitative estimate of drug-likeness (QED) is 0.724. The molecule has 0 unspecified atom stereocenters. The van der Waals surface area contributed by atoms with Gasteiger partial charge in [-0.15, -0.1) is 0 Å². The molecule has 86 valence electrons. The molecule has 0 N–H and O–H groups in total. The Kier molecular flexibility index (Phi) is 3.81. The highest BCUT2D eigenvalue weighted by Crippen LogP contribution is 2.11. The number of benzene rings is 2. The first-order valence-corrected chi connectivity index (χ1v) is 5.68. The smallest absolute Gasteiger partial charge is 0.143 e. The molecule has 0 radical (unpaired) electrons. The van der Waals surface area contributed by atoms with Crippen molar-refractivity contribution in [1.82, 2.24) is 0 Å². The lowest BCUT2D eigenvalue weighted by molar-refractivity contribution is 0.320. The maximum absolute atomic E-state index is 13.2. The summed E-state index contributed by atoms with van der Waals surface area (Å²) in [6, 6.07) is 15.1. The summed E-state index contributed by atoms with van der Waals surface area (Å²) >= 11 is 0. The van der Waals surface area contributed by atoms with E-state index in [9.17, 15) is 4.39 Å². The molecule has 0 amide bonds. The predicted molar refractivity (Wildman–Crippen MR) is 70.2 cm³/mol. The third-order valence-corrected chi connectivity index (χ3v) is 2.65. The van der Waals surface area contributed by atoms with E-state index >= 15 is 0 Å². The fourth-order valence-corrected chi connectivity index (χ4v) is 1.59. The highest BCUT2D eigenvalue weighted by Gasteiger charge is 2.00. The van der Waals surface area contributed by atoms with E-state index in [1.807, 2.05) is 18.2 Å². The van der Waals surface area contributed by atoms with Crippen LogP contribution in [-0.2, 0) is 6.42 Å². The van der Waals surface area contributed by atoms with Gasteiger partial charge in [0.2, 0.25) is 0 Å². The summed E-state index contributed by atoms with van der Waals surface area (Å²) < 4.78 is 18.8. The Morgan fingerprint density at radius 2 is 1.82 bits per heavy atom. The van der Waals surface area contributed by atoms with Gasteiger partial charge in [0, 0.05) is 12.5 Å². The van der Waals surface area contributed by atoms with Crippen LogP contribution in [-0.4, -0.2) is 14.5 Å². The monoisotopic (exact) mass is 228 g/mol. The zero-order chi connectivity index (χ0) is 12.1. The van der Waals surface area contributed by atoms with E-state index in [1.165, 1.54) is 11.6 Å². The number of hydrogen-bond donors (Lipinski definition) is 0. The largest absolute Gasteiger partial charge is 0.493 e. The molecule has 2 aromatic rings. The van der Waals surface area contributed by atoms with E-state index in [0.29, 0.717) is 17.8 Å². The van der Waals surface area contributed by atoms with Crippen molar-refractivity contribution < 1.29 is 9.13 Å². The average Bonchev–Trinajstić information content (AvgIpc) is 2.35. The molecule has 0 bridgehead atoms. The third-order valence-electron chi connectivity index (χ3n) is 2.65. The number of rotatable bonds is 4. The maximum atomic E-state index is 13.2. The van der Waals surface area contributed by atoms with Gasteiger partial charge in [-0.3, -0.25) is 0 Å². The van der Waals surface area contributed by atoms with Crippen molar-refractivity contribution in [3.8, 4) is 5.75 Å². The van der Waals surface area contributed by atoms with E-state index in [0.717, 1.165) is 6.42 Å². The van der Waals surface area contributed by atoms with E-state index < -0.39 is 0 Å². The van der Waals surface area contributed by atoms with Crippen LogP contribution in [0, 0.1) is 5.82 Å². The normalized spacial score (nSPS) is 10.2. The Balaban J connectivity index is 1.88. The first-order valence-electron chi connectivity index (χ1n) is 5.68. The van der Waals surface area contributed by atoms with Crippen molar-refractivity contribution >= 4 is 13.3 Å². The van der Waals surface area contributed by atoms with Crippen LogP contribution in [0.2, 0.25) is 0 Å². The second kappa shape index (κ2) is 5.53. The van der Waals surface area contributed by atoms with Gasteiger partial charge in [-0.25, -0.2) is 4.39 Å². The molecule has 0 spiro atoms. The molecule has 0 heterocycles. The van der Waals surface area contributed by atoms with Gasteiger partial charge in [0.15, 0.2) is 0 Å². The lowest BCUT2D eigenvalue weighted by Gasteiger charge is -2.07. The van der Waals surface area contributed by atoms with Gasteiger partial charge < -0.3 is 4.74 Å². The van der Waals surface area contributed by atoms with Gasteiger partial charge in [-0.1, -0.05) is 41.9 Å². The number of halogens is 1. The van der Waals surface area contributed by atoms with E-state index in [2.05, 4.69) is 12.1 Å². The standard InChI is InChI=1S/C14H14BFO/c15-13-7-6-12(10-14(13)16)17-9-8-11-4-2-1-3-5-11/h1-7,10H,8-9,15H2. The molecule has 0 fully saturated rings. The van der Waals surface area contributed by atoms with Crippen LogP contribution in [0.4, 0.5) is 4.39 Å². The van der Waals surface area contributed by atoms with Crippen LogP contribution < -0.4 is 10.2 Å². The molecule has 0 saturated heterocycles. The molecule has 2 aromatic carbocycles. The minimum Gasteiger partial charge on any atom is -0.493 e. The highest BCUT2D eigenvalue weighted by molar-refractivity contribution is 6.32. The summed E-state index contributed by atoms with van der Waals surface area (Å²) in [6.45, 7) is 0.562. The topological polar surface area (TPSA) is 9.23 Å². The molecule has 3 heteroatoms. The lowest BCUT2D eigenvalue weighted by Crippen LogP contribution is -2.08. The first-order chi connectivity index (χ1) is 8.25. The van der Waals surface area contributed by atoms with Gasteiger partial charge in [-0.05, 0) is 11.6 Å². The zero-order valence-corrected chi connectivity index (χ0v) is 9.82. The Bertz CT molecular complexity index is 485. The van der Waals surface area contributed by atoms with Crippen LogP contribution in [0.3, 0.4) is 0 Å². The minimum atomic E-state index is -0.220. The van der Waals surface area contributed by atoms with E-state index in [-0.39, 0.29) is 5.82 Å². The average molecular weight is 228 g/mol. The van der Waals surface area contributed by atoms with Crippen molar-refractivity contribution in [3.05, 3.63) is 59.9 Å². The highest BCUT2D eigenvalue weighted by atomic mass is 19.1. The molecule has 0 aliphatic carbocycles. The van der Waals surface area contributed by atoms with Gasteiger partial charge in [0.25, 0.3) is 0 Å². The Morgan fingerprint density at radius 1 is 1.06 bits per heavy atom. The zero-order valence-electron chi connectivity index (χ0n) is 9.82. The summed E-state index contributed by atoms with van der Waals surface area (Å²) in [5, 5.41) is 0. The predicted octanol–water partition coefficient (Wildman–Crippen LogP) is 1.71. The molecular formula is C14H14BFO. The van der Waals surface area contributed by atoms with Crippen molar-refractivity contribution in [2.75, 3.05) is 6.61 Å².